The van der Waals surface area contributed by atoms with E-state index in [9.17, 15) is 13.6 Å². The Morgan fingerprint density at radius 3 is 2.67 bits per heavy atom. The lowest BCUT2D eigenvalue weighted by molar-refractivity contribution is 0.515. The van der Waals surface area contributed by atoms with Crippen molar-refractivity contribution in [3.05, 3.63) is 10.5 Å². The van der Waals surface area contributed by atoms with Crippen molar-refractivity contribution in [1.82, 2.24) is 19.5 Å². The molecule has 0 bridgehead atoms. The average molecular weight is 315 g/mol. The zero-order valence-electron chi connectivity index (χ0n) is 12.3. The second-order valence-electron chi connectivity index (χ2n) is 5.47. The normalized spacial score (nSPS) is 13.2. The van der Waals surface area contributed by atoms with Crippen LogP contribution in [0.4, 0.5) is 5.82 Å². The maximum Gasteiger partial charge on any atom is 0.327 e. The molecule has 2 rings (SSSR count). The maximum absolute atomic E-state index is 12.2. The van der Waals surface area contributed by atoms with Crippen LogP contribution < -0.4 is 11.4 Å². The fourth-order valence-electron chi connectivity index (χ4n) is 2.13. The van der Waals surface area contributed by atoms with E-state index in [4.69, 9.17) is 5.73 Å². The van der Waals surface area contributed by atoms with Gasteiger partial charge in [-0.1, -0.05) is 20.8 Å². The van der Waals surface area contributed by atoms with Gasteiger partial charge < -0.3 is 10.7 Å². The second-order valence-corrected chi connectivity index (χ2v) is 7.72. The van der Waals surface area contributed by atoms with E-state index in [1.54, 1.807) is 6.92 Å². The van der Waals surface area contributed by atoms with Gasteiger partial charge in [0.15, 0.2) is 11.5 Å². The second kappa shape index (κ2) is 5.57. The molecule has 0 fully saturated rings. The highest BCUT2D eigenvalue weighted by Gasteiger charge is 2.19. The Kier molecular flexibility index (Phi) is 4.15. The monoisotopic (exact) mass is 315 g/mol. The molecule has 0 aliphatic heterocycles. The van der Waals surface area contributed by atoms with Gasteiger partial charge >= 0.3 is 5.69 Å². The van der Waals surface area contributed by atoms with Gasteiger partial charge in [0.2, 0.25) is 5.16 Å². The van der Waals surface area contributed by atoms with Gasteiger partial charge in [0.1, 0.15) is 5.52 Å². The van der Waals surface area contributed by atoms with Crippen LogP contribution in [0.3, 0.4) is 0 Å². The Balaban J connectivity index is 2.68. The summed E-state index contributed by atoms with van der Waals surface area (Å²) in [6.45, 7) is 6.17. The number of thiol groups is 1. The van der Waals surface area contributed by atoms with Crippen LogP contribution in [0.5, 0.6) is 0 Å². The first kappa shape index (κ1) is 15.6. The number of aromatic amines is 1. The number of rotatable bonds is 5. The number of anilines is 1. The number of hydrogen-bond donors (Lipinski definition) is 4. The van der Waals surface area contributed by atoms with Gasteiger partial charge in [-0.05, 0) is 12.3 Å². The predicted octanol–water partition coefficient (Wildman–Crippen LogP) is 0.616. The smallest absolute Gasteiger partial charge is 0.327 e. The number of aromatic nitrogens is 4. The lowest BCUT2D eigenvalue weighted by Crippen LogP contribution is -2.22. The van der Waals surface area contributed by atoms with E-state index in [1.807, 2.05) is 13.8 Å². The Labute approximate surface area is 123 Å². The minimum absolute atomic E-state index is 0.0139. The zero-order chi connectivity index (χ0) is 15.8. The molecule has 0 aliphatic carbocycles. The molecule has 0 radical (unpaired) electrons. The van der Waals surface area contributed by atoms with Crippen LogP contribution in [0.15, 0.2) is 9.95 Å². The summed E-state index contributed by atoms with van der Waals surface area (Å²) in [7, 11) is -3.65. The van der Waals surface area contributed by atoms with Crippen LogP contribution >= 0.6 is 0 Å². The van der Waals surface area contributed by atoms with E-state index in [-0.39, 0.29) is 34.0 Å². The minimum Gasteiger partial charge on any atom is -0.382 e. The molecule has 2 aromatic heterocycles. The van der Waals surface area contributed by atoms with Crippen molar-refractivity contribution >= 4 is 27.2 Å². The summed E-state index contributed by atoms with van der Waals surface area (Å²) in [5.74, 6) is 0.314. The Bertz CT molecular complexity index is 764. The Morgan fingerprint density at radius 2 is 2.10 bits per heavy atom. The van der Waals surface area contributed by atoms with Crippen LogP contribution in [0.2, 0.25) is 0 Å². The topological polar surface area (TPSA) is 127 Å². The van der Waals surface area contributed by atoms with Crippen LogP contribution in [0, 0.1) is 5.92 Å². The molecule has 8 nitrogen and oxygen atoms in total. The summed E-state index contributed by atoms with van der Waals surface area (Å²) in [6, 6.07) is 0. The van der Waals surface area contributed by atoms with Crippen LogP contribution in [0.25, 0.3) is 11.2 Å². The third-order valence-electron chi connectivity index (χ3n) is 3.03. The van der Waals surface area contributed by atoms with Crippen LogP contribution in [-0.4, -0.2) is 34.0 Å². The molecule has 0 saturated heterocycles. The first-order valence-electron chi connectivity index (χ1n) is 6.84. The van der Waals surface area contributed by atoms with Crippen molar-refractivity contribution in [2.75, 3.05) is 11.5 Å². The standard InChI is InChI=1S/C12H21N5O3S/c1-4-5-21(19,20)11-15-9(13)8-10(16-11)17(6-7(2)3)12(18)14-8/h7,21H,4-6H2,1-3H3,(H,14,18)(H,19,20)(H2,13,15,16). The van der Waals surface area contributed by atoms with Gasteiger partial charge in [0, 0.05) is 12.3 Å². The molecule has 0 amide bonds. The van der Waals surface area contributed by atoms with Gasteiger partial charge in [-0.25, -0.2) is 9.00 Å². The number of H-pyrrole nitrogens is 1. The molecule has 0 aromatic carbocycles. The molecule has 2 heterocycles. The summed E-state index contributed by atoms with van der Waals surface area (Å²) < 4.78 is 23.7. The molecule has 21 heavy (non-hydrogen) atoms. The van der Waals surface area contributed by atoms with Crippen molar-refractivity contribution in [1.29, 1.82) is 0 Å². The largest absolute Gasteiger partial charge is 0.382 e. The molecule has 118 valence electrons. The van der Waals surface area contributed by atoms with E-state index in [0.717, 1.165) is 0 Å². The average Bonchev–Trinajstić information content (AvgIpc) is 2.67. The summed E-state index contributed by atoms with van der Waals surface area (Å²) in [6.07, 6.45) is 0.529. The van der Waals surface area contributed by atoms with Gasteiger partial charge in [-0.3, -0.25) is 9.12 Å². The van der Waals surface area contributed by atoms with Crippen molar-refractivity contribution in [2.45, 2.75) is 38.9 Å². The molecule has 0 aliphatic rings. The fraction of sp³-hybridized carbons (Fsp3) is 0.583. The predicted molar refractivity (Wildman–Crippen MR) is 83.0 cm³/mol. The number of nitrogens with two attached hydrogens (primary N) is 1. The quantitative estimate of drug-likeness (QED) is 0.473. The Hall–Kier alpha value is -1.74. The molecule has 0 atom stereocenters. The number of hydrogen-bond acceptors (Lipinski definition) is 5. The lowest BCUT2D eigenvalue weighted by Gasteiger charge is -2.20. The fourth-order valence-corrected chi connectivity index (χ4v) is 3.45. The molecular weight excluding hydrogens is 294 g/mol. The minimum atomic E-state index is -3.65. The first-order valence-corrected chi connectivity index (χ1v) is 8.69. The SMILES string of the molecule is CCC[SH](=O)(O)c1nc(N)c2[nH]c(=O)n(CC(C)C)c2n1. The van der Waals surface area contributed by atoms with E-state index in [0.29, 0.717) is 18.5 Å². The van der Waals surface area contributed by atoms with Crippen molar-refractivity contribution < 1.29 is 8.76 Å². The van der Waals surface area contributed by atoms with Gasteiger partial charge in [-0.15, -0.1) is 10.2 Å². The Morgan fingerprint density at radius 1 is 1.43 bits per heavy atom. The lowest BCUT2D eigenvalue weighted by atomic mass is 10.2. The van der Waals surface area contributed by atoms with Crippen LogP contribution in [0.1, 0.15) is 27.2 Å². The highest BCUT2D eigenvalue weighted by molar-refractivity contribution is 7.97. The molecule has 4 N–H and O–H groups in total. The van der Waals surface area contributed by atoms with Gasteiger partial charge in [0.25, 0.3) is 0 Å². The third-order valence-corrected chi connectivity index (χ3v) is 4.90. The molecule has 0 unspecified atom stereocenters. The van der Waals surface area contributed by atoms with Gasteiger partial charge in [-0.2, -0.15) is 9.97 Å². The summed E-state index contributed by atoms with van der Waals surface area (Å²) in [5.41, 5.74) is 6.03. The summed E-state index contributed by atoms with van der Waals surface area (Å²) in [5, 5.41) is -0.189. The summed E-state index contributed by atoms with van der Waals surface area (Å²) in [4.78, 5) is 22.6. The number of nitrogens with zero attached hydrogens (tertiary/aromatic N) is 3. The van der Waals surface area contributed by atoms with E-state index in [1.165, 1.54) is 4.57 Å². The molecule has 0 spiro atoms. The third kappa shape index (κ3) is 2.98. The molecule has 0 saturated carbocycles. The highest BCUT2D eigenvalue weighted by Crippen LogP contribution is 2.20. The number of imidazole rings is 1. The van der Waals surface area contributed by atoms with Crippen LogP contribution in [-0.2, 0) is 16.8 Å². The highest BCUT2D eigenvalue weighted by atomic mass is 32.3. The molecule has 9 heteroatoms. The van der Waals surface area contributed by atoms with E-state index < -0.39 is 10.2 Å². The van der Waals surface area contributed by atoms with Crippen molar-refractivity contribution in [3.8, 4) is 0 Å². The van der Waals surface area contributed by atoms with Gasteiger partial charge in [0.05, 0.1) is 0 Å². The van der Waals surface area contributed by atoms with E-state index in [2.05, 4.69) is 15.0 Å². The van der Waals surface area contributed by atoms with Crippen molar-refractivity contribution in [2.24, 2.45) is 5.92 Å². The number of nitrogens with one attached hydrogen (secondary N) is 1. The number of nitrogen functional groups attached to an aromatic ring is 1. The molecular formula is C12H21N5O3S. The first-order chi connectivity index (χ1) is 9.76. The van der Waals surface area contributed by atoms with Crippen molar-refractivity contribution in [3.63, 3.8) is 0 Å². The zero-order valence-corrected chi connectivity index (χ0v) is 13.2. The van der Waals surface area contributed by atoms with E-state index >= 15 is 0 Å². The molecule has 2 aromatic rings. The maximum atomic E-state index is 12.2. The summed E-state index contributed by atoms with van der Waals surface area (Å²) >= 11 is 0. The number of fused-ring (bicyclic) bond motifs is 1.